The second-order valence-corrected chi connectivity index (χ2v) is 15.6. The standard InChI is InChI=1S/C35H44N3O7PS2/c1-24(2)33(46(42,44-27-13-17-29(47-4)18-14-27)45-28-15-19-30(48-5)20-16-28)37-32(39)31-12-9-21-38(31)34(40)25(3)22-36-35(41)43-23-26-10-7-6-8-11-26/h6-8,10-11,13-20,24-25,31,33H,9,12,21-23H2,1-5H3,(H,36,41)(H,37,39)/t25?,31-,33?/m0/s1. The molecule has 4 rings (SSSR count). The second kappa shape index (κ2) is 17.7. The molecule has 13 heteroatoms. The van der Waals surface area contributed by atoms with Gasteiger partial charge in [0.1, 0.15) is 24.1 Å². The van der Waals surface area contributed by atoms with E-state index in [2.05, 4.69) is 10.6 Å². The van der Waals surface area contributed by atoms with Gasteiger partial charge in [-0.25, -0.2) is 9.36 Å². The van der Waals surface area contributed by atoms with Crippen LogP contribution in [-0.4, -0.2) is 60.2 Å². The van der Waals surface area contributed by atoms with Crippen molar-refractivity contribution < 1.29 is 32.7 Å². The largest absolute Gasteiger partial charge is 0.453 e. The molecule has 0 bridgehead atoms. The van der Waals surface area contributed by atoms with Gasteiger partial charge in [-0.1, -0.05) is 51.1 Å². The molecule has 258 valence electrons. The predicted octanol–water partition coefficient (Wildman–Crippen LogP) is 7.43. The first-order valence-corrected chi connectivity index (χ1v) is 19.9. The van der Waals surface area contributed by atoms with Crippen LogP contribution in [0.4, 0.5) is 4.79 Å². The fraction of sp³-hybridized carbons (Fsp3) is 0.400. The number of hydrogen-bond acceptors (Lipinski definition) is 9. The molecule has 1 heterocycles. The lowest BCUT2D eigenvalue weighted by molar-refractivity contribution is -0.141. The normalized spacial score (nSPS) is 15.8. The molecule has 3 aromatic rings. The van der Waals surface area contributed by atoms with E-state index in [4.69, 9.17) is 13.8 Å². The highest BCUT2D eigenvalue weighted by molar-refractivity contribution is 7.98. The maximum Gasteiger partial charge on any atom is 0.453 e. The van der Waals surface area contributed by atoms with Crippen molar-refractivity contribution in [1.29, 1.82) is 0 Å². The van der Waals surface area contributed by atoms with Crippen LogP contribution >= 0.6 is 31.1 Å². The highest BCUT2D eigenvalue weighted by Gasteiger charge is 2.45. The minimum Gasteiger partial charge on any atom is -0.445 e. The number of likely N-dealkylation sites (tertiary alicyclic amines) is 1. The summed E-state index contributed by atoms with van der Waals surface area (Å²) < 4.78 is 32.3. The van der Waals surface area contributed by atoms with Gasteiger partial charge in [-0.05, 0) is 85.4 Å². The fourth-order valence-electron chi connectivity index (χ4n) is 5.24. The Labute approximate surface area is 291 Å². The van der Waals surface area contributed by atoms with Gasteiger partial charge in [-0.3, -0.25) is 9.59 Å². The lowest BCUT2D eigenvalue weighted by Crippen LogP contribution is -2.52. The van der Waals surface area contributed by atoms with Crippen molar-refractivity contribution in [2.45, 2.75) is 61.8 Å². The predicted molar refractivity (Wildman–Crippen MR) is 191 cm³/mol. The molecular formula is C35H44N3O7PS2. The second-order valence-electron chi connectivity index (χ2n) is 11.8. The van der Waals surface area contributed by atoms with Crippen LogP contribution in [0.15, 0.2) is 88.7 Å². The van der Waals surface area contributed by atoms with E-state index in [0.717, 1.165) is 15.4 Å². The topological polar surface area (TPSA) is 123 Å². The fourth-order valence-corrected chi connectivity index (χ4v) is 8.16. The van der Waals surface area contributed by atoms with Crippen LogP contribution in [-0.2, 0) is 25.5 Å². The number of amides is 3. The van der Waals surface area contributed by atoms with Gasteiger partial charge >= 0.3 is 13.7 Å². The van der Waals surface area contributed by atoms with Crippen LogP contribution < -0.4 is 19.7 Å². The van der Waals surface area contributed by atoms with Gasteiger partial charge < -0.3 is 29.3 Å². The number of benzene rings is 3. The Morgan fingerprint density at radius 3 is 1.96 bits per heavy atom. The number of carbonyl (C=O) groups is 3. The third kappa shape index (κ3) is 10.2. The van der Waals surface area contributed by atoms with Gasteiger partial charge in [-0.2, -0.15) is 0 Å². The van der Waals surface area contributed by atoms with Crippen molar-refractivity contribution in [3.8, 4) is 11.5 Å². The van der Waals surface area contributed by atoms with E-state index in [9.17, 15) is 18.9 Å². The summed E-state index contributed by atoms with van der Waals surface area (Å²) in [6.45, 7) is 5.92. The van der Waals surface area contributed by atoms with E-state index in [1.807, 2.05) is 81.0 Å². The molecular weight excluding hydrogens is 670 g/mol. The van der Waals surface area contributed by atoms with Crippen LogP contribution in [0.25, 0.3) is 0 Å². The number of thioether (sulfide) groups is 2. The van der Waals surface area contributed by atoms with Crippen molar-refractivity contribution in [2.75, 3.05) is 25.6 Å². The van der Waals surface area contributed by atoms with Crippen molar-refractivity contribution in [3.63, 3.8) is 0 Å². The van der Waals surface area contributed by atoms with E-state index >= 15 is 0 Å². The average molecular weight is 714 g/mol. The van der Waals surface area contributed by atoms with Crippen molar-refractivity contribution in [1.82, 2.24) is 15.5 Å². The average Bonchev–Trinajstić information content (AvgIpc) is 3.59. The van der Waals surface area contributed by atoms with Crippen molar-refractivity contribution >= 4 is 49.0 Å². The molecule has 0 aromatic heterocycles. The molecule has 48 heavy (non-hydrogen) atoms. The zero-order valence-corrected chi connectivity index (χ0v) is 30.4. The summed E-state index contributed by atoms with van der Waals surface area (Å²) in [5.74, 6) is -2.00. The van der Waals surface area contributed by atoms with Gasteiger partial charge in [0.2, 0.25) is 11.8 Å². The quantitative estimate of drug-likeness (QED) is 0.122. The molecule has 3 atom stereocenters. The molecule has 10 nitrogen and oxygen atoms in total. The molecule has 0 aliphatic carbocycles. The highest BCUT2D eigenvalue weighted by atomic mass is 32.2. The summed E-state index contributed by atoms with van der Waals surface area (Å²) in [7, 11) is -4.09. The van der Waals surface area contributed by atoms with Gasteiger partial charge in [0.15, 0.2) is 5.78 Å². The summed E-state index contributed by atoms with van der Waals surface area (Å²) >= 11 is 3.14. The highest BCUT2D eigenvalue weighted by Crippen LogP contribution is 2.54. The Morgan fingerprint density at radius 2 is 1.44 bits per heavy atom. The first-order valence-electron chi connectivity index (χ1n) is 15.9. The number of carbonyl (C=O) groups excluding carboxylic acids is 3. The zero-order chi connectivity index (χ0) is 34.7. The van der Waals surface area contributed by atoms with Crippen LogP contribution in [0.3, 0.4) is 0 Å². The third-order valence-electron chi connectivity index (χ3n) is 7.87. The molecule has 0 saturated carbocycles. The van der Waals surface area contributed by atoms with E-state index in [0.29, 0.717) is 30.9 Å². The number of rotatable bonds is 15. The summed E-state index contributed by atoms with van der Waals surface area (Å²) in [5.41, 5.74) is 0.852. The van der Waals surface area contributed by atoms with Crippen LogP contribution in [0.1, 0.15) is 39.2 Å². The molecule has 1 saturated heterocycles. The Bertz CT molecular complexity index is 1510. The van der Waals surface area contributed by atoms with Crippen molar-refractivity contribution in [2.24, 2.45) is 11.8 Å². The Hall–Kier alpha value is -3.60. The minimum absolute atomic E-state index is 0.0491. The van der Waals surface area contributed by atoms with Crippen LogP contribution in [0.5, 0.6) is 11.5 Å². The van der Waals surface area contributed by atoms with Gasteiger partial charge in [-0.15, -0.1) is 23.5 Å². The van der Waals surface area contributed by atoms with E-state index in [1.165, 1.54) is 4.90 Å². The first-order chi connectivity index (χ1) is 23.0. The number of hydrogen-bond donors (Lipinski definition) is 2. The smallest absolute Gasteiger partial charge is 0.445 e. The minimum atomic E-state index is -4.09. The Morgan fingerprint density at radius 1 is 0.875 bits per heavy atom. The molecule has 0 radical (unpaired) electrons. The summed E-state index contributed by atoms with van der Waals surface area (Å²) in [6.07, 6.45) is 4.36. The van der Waals surface area contributed by atoms with Gasteiger partial charge in [0.25, 0.3) is 0 Å². The van der Waals surface area contributed by atoms with E-state index in [1.54, 1.807) is 54.7 Å². The Kier molecular flexibility index (Phi) is 13.7. The molecule has 2 unspecified atom stereocenters. The first kappa shape index (κ1) is 37.2. The molecule has 1 aliphatic rings. The number of ether oxygens (including phenoxy) is 1. The van der Waals surface area contributed by atoms with E-state index < -0.39 is 37.3 Å². The number of nitrogens with one attached hydrogen (secondary N) is 2. The summed E-state index contributed by atoms with van der Waals surface area (Å²) in [6, 6.07) is 22.9. The van der Waals surface area contributed by atoms with E-state index in [-0.39, 0.29) is 25.0 Å². The number of alkyl carbamates (subject to hydrolysis) is 1. The molecule has 1 aliphatic heterocycles. The third-order valence-corrected chi connectivity index (χ3v) is 11.7. The zero-order valence-electron chi connectivity index (χ0n) is 27.9. The molecule has 3 aromatic carbocycles. The number of nitrogens with zero attached hydrogens (tertiary/aromatic N) is 1. The molecule has 3 amide bonds. The van der Waals surface area contributed by atoms with Gasteiger partial charge in [0, 0.05) is 22.9 Å². The molecule has 1 fully saturated rings. The monoisotopic (exact) mass is 713 g/mol. The maximum atomic E-state index is 14.8. The Balaban J connectivity index is 1.45. The molecule has 0 spiro atoms. The van der Waals surface area contributed by atoms with Crippen LogP contribution in [0, 0.1) is 11.8 Å². The summed E-state index contributed by atoms with van der Waals surface area (Å²) in [5, 5.41) is 5.59. The lowest BCUT2D eigenvalue weighted by atomic mass is 10.1. The SMILES string of the molecule is CSc1ccc(OP(=O)(Oc2ccc(SC)cc2)C(NC(=O)[C@@H]2CCCN2C(=O)C(C)CNC(=O)OCc2ccccc2)C(C)C)cc1. The van der Waals surface area contributed by atoms with Crippen LogP contribution in [0.2, 0.25) is 0 Å². The summed E-state index contributed by atoms with van der Waals surface area (Å²) in [4.78, 5) is 43.2. The van der Waals surface area contributed by atoms with Gasteiger partial charge in [0.05, 0.1) is 5.92 Å². The van der Waals surface area contributed by atoms with Crippen molar-refractivity contribution in [3.05, 3.63) is 84.4 Å². The lowest BCUT2D eigenvalue weighted by Gasteiger charge is -2.33. The molecule has 2 N–H and O–H groups in total. The maximum absolute atomic E-state index is 14.8.